The van der Waals surface area contributed by atoms with Gasteiger partial charge in [-0.05, 0) is 31.2 Å². The van der Waals surface area contributed by atoms with E-state index in [1.54, 1.807) is 37.3 Å². The van der Waals surface area contributed by atoms with Gasteiger partial charge in [-0.1, -0.05) is 33.6 Å². The van der Waals surface area contributed by atoms with Gasteiger partial charge in [-0.3, -0.25) is 14.9 Å². The van der Waals surface area contributed by atoms with Crippen molar-refractivity contribution in [3.05, 3.63) is 61.6 Å². The number of carbonyl (C=O) groups is 1. The number of nitro benzene ring substituents is 1. The van der Waals surface area contributed by atoms with Gasteiger partial charge in [0, 0.05) is 21.8 Å². The van der Waals surface area contributed by atoms with Crippen molar-refractivity contribution in [2.75, 3.05) is 11.9 Å². The van der Waals surface area contributed by atoms with E-state index in [4.69, 9.17) is 16.3 Å². The standard InChI is InChI=1S/C15H12BrClN2O4/c1-9-2-4-11(7-13(9)19(21)22)18-15(20)8-23-14-5-3-10(16)6-12(14)17/h2-7H,8H2,1H3,(H,18,20). The summed E-state index contributed by atoms with van der Waals surface area (Å²) in [5, 5.41) is 13.8. The van der Waals surface area contributed by atoms with Gasteiger partial charge in [-0.25, -0.2) is 0 Å². The Morgan fingerprint density at radius 2 is 2.09 bits per heavy atom. The van der Waals surface area contributed by atoms with Crippen molar-refractivity contribution in [3.63, 3.8) is 0 Å². The molecule has 0 spiro atoms. The highest BCUT2D eigenvalue weighted by Gasteiger charge is 2.13. The fourth-order valence-corrected chi connectivity index (χ4v) is 2.54. The molecule has 1 N–H and O–H groups in total. The molecule has 0 unspecified atom stereocenters. The predicted octanol–water partition coefficient (Wildman–Crippen LogP) is 4.34. The van der Waals surface area contributed by atoms with E-state index in [-0.39, 0.29) is 12.3 Å². The molecule has 23 heavy (non-hydrogen) atoms. The lowest BCUT2D eigenvalue weighted by molar-refractivity contribution is -0.385. The zero-order valence-corrected chi connectivity index (χ0v) is 14.3. The first kappa shape index (κ1) is 17.2. The molecule has 0 bridgehead atoms. The number of aryl methyl sites for hydroxylation is 1. The van der Waals surface area contributed by atoms with Gasteiger partial charge in [0.1, 0.15) is 5.75 Å². The molecule has 0 fully saturated rings. The van der Waals surface area contributed by atoms with Crippen molar-refractivity contribution >= 4 is 44.8 Å². The molecule has 0 aliphatic carbocycles. The van der Waals surface area contributed by atoms with E-state index in [2.05, 4.69) is 21.2 Å². The highest BCUT2D eigenvalue weighted by Crippen LogP contribution is 2.27. The Kier molecular flexibility index (Phi) is 5.57. The van der Waals surface area contributed by atoms with Gasteiger partial charge in [0.05, 0.1) is 9.95 Å². The molecule has 0 saturated carbocycles. The summed E-state index contributed by atoms with van der Waals surface area (Å²) < 4.78 is 6.13. The lowest BCUT2D eigenvalue weighted by Gasteiger charge is -2.09. The Labute approximate surface area is 145 Å². The number of rotatable bonds is 5. The number of nitro groups is 1. The maximum absolute atomic E-state index is 11.9. The van der Waals surface area contributed by atoms with Crippen LogP contribution in [0.15, 0.2) is 40.9 Å². The minimum Gasteiger partial charge on any atom is -0.482 e. The van der Waals surface area contributed by atoms with E-state index >= 15 is 0 Å². The quantitative estimate of drug-likeness (QED) is 0.599. The zero-order chi connectivity index (χ0) is 17.0. The van der Waals surface area contributed by atoms with E-state index in [1.165, 1.54) is 6.07 Å². The van der Waals surface area contributed by atoms with Crippen LogP contribution in [0.25, 0.3) is 0 Å². The molecule has 120 valence electrons. The van der Waals surface area contributed by atoms with Crippen LogP contribution in [0.2, 0.25) is 5.02 Å². The highest BCUT2D eigenvalue weighted by molar-refractivity contribution is 9.10. The van der Waals surface area contributed by atoms with Gasteiger partial charge in [-0.15, -0.1) is 0 Å². The first-order valence-corrected chi connectivity index (χ1v) is 7.66. The van der Waals surface area contributed by atoms with Crippen LogP contribution in [-0.2, 0) is 4.79 Å². The molecule has 0 saturated heterocycles. The third-order valence-corrected chi connectivity index (χ3v) is 3.73. The number of hydrogen-bond donors (Lipinski definition) is 1. The molecule has 0 aliphatic heterocycles. The van der Waals surface area contributed by atoms with Gasteiger partial charge in [0.2, 0.25) is 0 Å². The zero-order valence-electron chi connectivity index (χ0n) is 12.0. The maximum Gasteiger partial charge on any atom is 0.274 e. The number of nitrogens with one attached hydrogen (secondary N) is 1. The number of nitrogens with zero attached hydrogens (tertiary/aromatic N) is 1. The minimum atomic E-state index is -0.497. The summed E-state index contributed by atoms with van der Waals surface area (Å²) in [6, 6.07) is 9.49. The summed E-state index contributed by atoms with van der Waals surface area (Å²) in [5.74, 6) is -0.0676. The van der Waals surface area contributed by atoms with Crippen molar-refractivity contribution in [2.24, 2.45) is 0 Å². The van der Waals surface area contributed by atoms with Crippen LogP contribution < -0.4 is 10.1 Å². The number of hydrogen-bond acceptors (Lipinski definition) is 4. The molecular formula is C15H12BrClN2O4. The summed E-state index contributed by atoms with van der Waals surface area (Å²) in [6.07, 6.45) is 0. The van der Waals surface area contributed by atoms with Crippen molar-refractivity contribution in [3.8, 4) is 5.75 Å². The summed E-state index contributed by atoms with van der Waals surface area (Å²) in [4.78, 5) is 22.3. The van der Waals surface area contributed by atoms with E-state index in [0.717, 1.165) is 4.47 Å². The van der Waals surface area contributed by atoms with Crippen LogP contribution in [0.4, 0.5) is 11.4 Å². The SMILES string of the molecule is Cc1ccc(NC(=O)COc2ccc(Br)cc2Cl)cc1[N+](=O)[O-]. The smallest absolute Gasteiger partial charge is 0.274 e. The first-order chi connectivity index (χ1) is 10.9. The van der Waals surface area contributed by atoms with Gasteiger partial charge in [0.25, 0.3) is 11.6 Å². The van der Waals surface area contributed by atoms with E-state index < -0.39 is 10.8 Å². The molecule has 1 amide bonds. The second-order valence-electron chi connectivity index (χ2n) is 4.67. The molecule has 2 aromatic carbocycles. The average molecular weight is 400 g/mol. The van der Waals surface area contributed by atoms with Crippen LogP contribution in [-0.4, -0.2) is 17.4 Å². The number of ether oxygens (including phenoxy) is 1. The van der Waals surface area contributed by atoms with Crippen molar-refractivity contribution in [1.29, 1.82) is 0 Å². The van der Waals surface area contributed by atoms with E-state index in [1.807, 2.05) is 0 Å². The summed E-state index contributed by atoms with van der Waals surface area (Å²) >= 11 is 9.25. The number of benzene rings is 2. The molecular weight excluding hydrogens is 388 g/mol. The molecule has 2 rings (SSSR count). The van der Waals surface area contributed by atoms with Crippen LogP contribution in [0, 0.1) is 17.0 Å². The Bertz CT molecular complexity index is 767. The number of amides is 1. The van der Waals surface area contributed by atoms with Gasteiger partial charge in [0.15, 0.2) is 6.61 Å². The molecule has 6 nitrogen and oxygen atoms in total. The second-order valence-corrected chi connectivity index (χ2v) is 5.99. The van der Waals surface area contributed by atoms with E-state index in [9.17, 15) is 14.9 Å². The third kappa shape index (κ3) is 4.67. The van der Waals surface area contributed by atoms with E-state index in [0.29, 0.717) is 22.0 Å². The summed E-state index contributed by atoms with van der Waals surface area (Å²) in [6.45, 7) is 1.37. The molecule has 0 radical (unpaired) electrons. The Morgan fingerprint density at radius 1 is 1.35 bits per heavy atom. The summed E-state index contributed by atoms with van der Waals surface area (Å²) in [5.41, 5.74) is 0.795. The Balaban J connectivity index is 2.00. The van der Waals surface area contributed by atoms with Gasteiger partial charge >= 0.3 is 0 Å². The summed E-state index contributed by atoms with van der Waals surface area (Å²) in [7, 11) is 0. The molecule has 8 heteroatoms. The maximum atomic E-state index is 11.9. The molecule has 0 aliphatic rings. The lowest BCUT2D eigenvalue weighted by atomic mass is 10.2. The van der Waals surface area contributed by atoms with Crippen LogP contribution >= 0.6 is 27.5 Å². The van der Waals surface area contributed by atoms with Crippen molar-refractivity contribution in [1.82, 2.24) is 0 Å². The average Bonchev–Trinajstić information content (AvgIpc) is 2.48. The van der Waals surface area contributed by atoms with Gasteiger partial charge in [-0.2, -0.15) is 0 Å². The van der Waals surface area contributed by atoms with Crippen molar-refractivity contribution in [2.45, 2.75) is 6.92 Å². The Morgan fingerprint density at radius 3 is 2.74 bits per heavy atom. The normalized spacial score (nSPS) is 10.2. The number of carbonyl (C=O) groups excluding carboxylic acids is 1. The topological polar surface area (TPSA) is 81.5 Å². The van der Waals surface area contributed by atoms with Gasteiger partial charge < -0.3 is 10.1 Å². The molecule has 0 atom stereocenters. The lowest BCUT2D eigenvalue weighted by Crippen LogP contribution is -2.20. The van der Waals surface area contributed by atoms with Crippen LogP contribution in [0.3, 0.4) is 0 Å². The van der Waals surface area contributed by atoms with Crippen LogP contribution in [0.1, 0.15) is 5.56 Å². The fourth-order valence-electron chi connectivity index (χ4n) is 1.82. The first-order valence-electron chi connectivity index (χ1n) is 6.49. The number of halogens is 2. The Hall–Kier alpha value is -2.12. The fraction of sp³-hybridized carbons (Fsp3) is 0.133. The molecule has 0 heterocycles. The molecule has 0 aromatic heterocycles. The molecule has 2 aromatic rings. The monoisotopic (exact) mass is 398 g/mol. The third-order valence-electron chi connectivity index (χ3n) is 2.94. The predicted molar refractivity (Wildman–Crippen MR) is 91.1 cm³/mol. The number of anilines is 1. The van der Waals surface area contributed by atoms with Crippen molar-refractivity contribution < 1.29 is 14.5 Å². The highest BCUT2D eigenvalue weighted by atomic mass is 79.9. The second kappa shape index (κ2) is 7.43. The minimum absolute atomic E-state index is 0.0559. The van der Waals surface area contributed by atoms with Crippen LogP contribution in [0.5, 0.6) is 5.75 Å². The largest absolute Gasteiger partial charge is 0.482 e.